The first-order valence-electron chi connectivity index (χ1n) is 6.50. The maximum absolute atomic E-state index is 5.86. The van der Waals surface area contributed by atoms with Crippen LogP contribution < -0.4 is 10.5 Å². The SMILES string of the molecule is Cc1cc(C)c(C)c(OCc2cc(C)c(CN)o2)c1. The molecule has 19 heavy (non-hydrogen) atoms. The van der Waals surface area contributed by atoms with Crippen molar-refractivity contribution in [2.75, 3.05) is 0 Å². The predicted octanol–water partition coefficient (Wildman–Crippen LogP) is 3.55. The summed E-state index contributed by atoms with van der Waals surface area (Å²) < 4.78 is 11.5. The van der Waals surface area contributed by atoms with Crippen molar-refractivity contribution in [2.24, 2.45) is 5.73 Å². The highest BCUT2D eigenvalue weighted by Gasteiger charge is 2.08. The molecule has 2 rings (SSSR count). The molecule has 0 bridgehead atoms. The molecule has 0 aliphatic rings. The van der Waals surface area contributed by atoms with Crippen molar-refractivity contribution in [2.45, 2.75) is 40.8 Å². The lowest BCUT2D eigenvalue weighted by Gasteiger charge is -2.11. The normalized spacial score (nSPS) is 10.8. The highest BCUT2D eigenvalue weighted by atomic mass is 16.5. The zero-order valence-corrected chi connectivity index (χ0v) is 12.0. The first-order chi connectivity index (χ1) is 9.01. The van der Waals surface area contributed by atoms with Crippen LogP contribution in [0.1, 0.15) is 33.8 Å². The van der Waals surface area contributed by atoms with Gasteiger partial charge in [-0.25, -0.2) is 0 Å². The summed E-state index contributed by atoms with van der Waals surface area (Å²) in [5.41, 5.74) is 10.3. The second kappa shape index (κ2) is 5.49. The molecule has 0 saturated carbocycles. The van der Waals surface area contributed by atoms with Gasteiger partial charge in [0.25, 0.3) is 0 Å². The van der Waals surface area contributed by atoms with Gasteiger partial charge in [0.15, 0.2) is 0 Å². The minimum absolute atomic E-state index is 0.425. The molecule has 0 atom stereocenters. The van der Waals surface area contributed by atoms with Crippen molar-refractivity contribution >= 4 is 0 Å². The standard InChI is InChI=1S/C16H21NO2/c1-10-5-11(2)13(4)15(6-10)18-9-14-7-12(3)16(8-17)19-14/h5-7H,8-9,17H2,1-4H3. The van der Waals surface area contributed by atoms with Crippen LogP contribution in [0, 0.1) is 27.7 Å². The Morgan fingerprint density at radius 1 is 1.05 bits per heavy atom. The van der Waals surface area contributed by atoms with Gasteiger partial charge in [0.1, 0.15) is 23.9 Å². The maximum Gasteiger partial charge on any atom is 0.146 e. The quantitative estimate of drug-likeness (QED) is 0.913. The summed E-state index contributed by atoms with van der Waals surface area (Å²) in [6.45, 7) is 9.10. The molecule has 1 aromatic carbocycles. The summed E-state index contributed by atoms with van der Waals surface area (Å²) in [6.07, 6.45) is 0. The minimum Gasteiger partial charge on any atom is -0.485 e. The van der Waals surface area contributed by atoms with E-state index in [0.717, 1.165) is 22.8 Å². The van der Waals surface area contributed by atoms with Gasteiger partial charge in [0.2, 0.25) is 0 Å². The number of benzene rings is 1. The van der Waals surface area contributed by atoms with Crippen LogP contribution >= 0.6 is 0 Å². The van der Waals surface area contributed by atoms with Crippen LogP contribution in [0.5, 0.6) is 5.75 Å². The number of ether oxygens (including phenoxy) is 1. The molecule has 0 aliphatic carbocycles. The van der Waals surface area contributed by atoms with E-state index in [0.29, 0.717) is 13.2 Å². The number of hydrogen-bond acceptors (Lipinski definition) is 3. The van der Waals surface area contributed by atoms with Crippen LogP contribution in [0.25, 0.3) is 0 Å². The topological polar surface area (TPSA) is 48.4 Å². The van der Waals surface area contributed by atoms with Gasteiger partial charge in [-0.2, -0.15) is 0 Å². The summed E-state index contributed by atoms with van der Waals surface area (Å²) in [7, 11) is 0. The van der Waals surface area contributed by atoms with Crippen molar-refractivity contribution in [3.63, 3.8) is 0 Å². The predicted molar refractivity (Wildman–Crippen MR) is 76.3 cm³/mol. The molecule has 2 N–H and O–H groups in total. The first-order valence-corrected chi connectivity index (χ1v) is 6.50. The number of hydrogen-bond donors (Lipinski definition) is 1. The third-order valence-corrected chi connectivity index (χ3v) is 3.39. The summed E-state index contributed by atoms with van der Waals surface area (Å²) in [5.74, 6) is 2.56. The summed E-state index contributed by atoms with van der Waals surface area (Å²) >= 11 is 0. The lowest BCUT2D eigenvalue weighted by molar-refractivity contribution is 0.264. The summed E-state index contributed by atoms with van der Waals surface area (Å²) in [4.78, 5) is 0. The molecule has 0 radical (unpaired) electrons. The van der Waals surface area contributed by atoms with Gasteiger partial charge in [0.05, 0.1) is 6.54 Å². The van der Waals surface area contributed by atoms with Crippen LogP contribution in [0.4, 0.5) is 0 Å². The van der Waals surface area contributed by atoms with E-state index in [9.17, 15) is 0 Å². The monoisotopic (exact) mass is 259 g/mol. The zero-order valence-electron chi connectivity index (χ0n) is 12.0. The Hall–Kier alpha value is -1.74. The van der Waals surface area contributed by atoms with Crippen LogP contribution in [-0.2, 0) is 13.2 Å². The molecule has 102 valence electrons. The fourth-order valence-electron chi connectivity index (χ4n) is 2.16. The Balaban J connectivity index is 2.14. The van der Waals surface area contributed by atoms with Gasteiger partial charge in [-0.15, -0.1) is 0 Å². The maximum atomic E-state index is 5.86. The highest BCUT2D eigenvalue weighted by molar-refractivity contribution is 5.42. The van der Waals surface area contributed by atoms with Crippen molar-refractivity contribution in [3.8, 4) is 5.75 Å². The van der Waals surface area contributed by atoms with Gasteiger partial charge in [-0.1, -0.05) is 6.07 Å². The molecule has 0 unspecified atom stereocenters. The van der Waals surface area contributed by atoms with E-state index in [1.54, 1.807) is 0 Å². The molecular formula is C16H21NO2. The van der Waals surface area contributed by atoms with Crippen LogP contribution in [0.2, 0.25) is 0 Å². The smallest absolute Gasteiger partial charge is 0.146 e. The van der Waals surface area contributed by atoms with E-state index in [4.69, 9.17) is 14.9 Å². The van der Waals surface area contributed by atoms with E-state index >= 15 is 0 Å². The Bertz CT molecular complexity index is 585. The lowest BCUT2D eigenvalue weighted by atomic mass is 10.1. The van der Waals surface area contributed by atoms with Gasteiger partial charge in [0, 0.05) is 0 Å². The van der Waals surface area contributed by atoms with Crippen LogP contribution in [-0.4, -0.2) is 0 Å². The molecular weight excluding hydrogens is 238 g/mol. The van der Waals surface area contributed by atoms with Crippen molar-refractivity contribution in [1.82, 2.24) is 0 Å². The van der Waals surface area contributed by atoms with Gasteiger partial charge in [-0.05, 0) is 62.1 Å². The number of furan rings is 1. The lowest BCUT2D eigenvalue weighted by Crippen LogP contribution is -1.98. The highest BCUT2D eigenvalue weighted by Crippen LogP contribution is 2.25. The fraction of sp³-hybridized carbons (Fsp3) is 0.375. The van der Waals surface area contributed by atoms with E-state index in [-0.39, 0.29) is 0 Å². The van der Waals surface area contributed by atoms with Crippen molar-refractivity contribution in [3.05, 3.63) is 52.0 Å². The Morgan fingerprint density at radius 3 is 2.42 bits per heavy atom. The molecule has 3 nitrogen and oxygen atoms in total. The largest absolute Gasteiger partial charge is 0.485 e. The molecule has 1 aromatic heterocycles. The van der Waals surface area contributed by atoms with Gasteiger partial charge < -0.3 is 14.9 Å². The summed E-state index contributed by atoms with van der Waals surface area (Å²) in [5, 5.41) is 0. The third kappa shape index (κ3) is 2.99. The summed E-state index contributed by atoms with van der Waals surface area (Å²) in [6, 6.07) is 6.20. The Kier molecular flexibility index (Phi) is 3.96. The number of nitrogens with two attached hydrogens (primary N) is 1. The third-order valence-electron chi connectivity index (χ3n) is 3.39. The molecule has 1 heterocycles. The van der Waals surface area contributed by atoms with Crippen LogP contribution in [0.15, 0.2) is 22.6 Å². The second-order valence-electron chi connectivity index (χ2n) is 5.02. The fourth-order valence-corrected chi connectivity index (χ4v) is 2.16. The Morgan fingerprint density at radius 2 is 1.79 bits per heavy atom. The van der Waals surface area contributed by atoms with E-state index in [1.807, 2.05) is 13.0 Å². The molecule has 2 aromatic rings. The second-order valence-corrected chi connectivity index (χ2v) is 5.02. The van der Waals surface area contributed by atoms with Gasteiger partial charge >= 0.3 is 0 Å². The Labute approximate surface area is 114 Å². The molecule has 0 amide bonds. The van der Waals surface area contributed by atoms with E-state index in [2.05, 4.69) is 32.9 Å². The minimum atomic E-state index is 0.425. The average Bonchev–Trinajstić information content (AvgIpc) is 2.72. The molecule has 0 fully saturated rings. The van der Waals surface area contributed by atoms with E-state index in [1.165, 1.54) is 16.7 Å². The van der Waals surface area contributed by atoms with E-state index < -0.39 is 0 Å². The zero-order chi connectivity index (χ0) is 14.0. The molecule has 3 heteroatoms. The first kappa shape index (κ1) is 13.7. The van der Waals surface area contributed by atoms with Gasteiger partial charge in [-0.3, -0.25) is 0 Å². The molecule has 0 aliphatic heterocycles. The average molecular weight is 259 g/mol. The molecule has 0 saturated heterocycles. The van der Waals surface area contributed by atoms with Crippen molar-refractivity contribution < 1.29 is 9.15 Å². The van der Waals surface area contributed by atoms with Crippen molar-refractivity contribution in [1.29, 1.82) is 0 Å². The number of rotatable bonds is 4. The number of aryl methyl sites for hydroxylation is 3. The molecule has 0 spiro atoms. The van der Waals surface area contributed by atoms with Crippen LogP contribution in [0.3, 0.4) is 0 Å².